The van der Waals surface area contributed by atoms with E-state index in [-0.39, 0.29) is 11.9 Å². The fraction of sp³-hybridized carbons (Fsp3) is 0.263. The molecule has 1 aromatic rings. The van der Waals surface area contributed by atoms with E-state index in [4.69, 9.17) is 0 Å². The van der Waals surface area contributed by atoms with Gasteiger partial charge in [0.05, 0.1) is 11.6 Å². The number of aliphatic imine (C=N–C) groups is 2. The standard InChI is InChI=1S/C19H20N4O2/c1-3-12-23-17(15-6-4-5-7-16(15)21-19(23)25)22-18(24)20-14-10-8-13(2)9-11-14/h4-11,15H,3,12H2,1-2H3,(H,20,24)/b22-17-. The van der Waals surface area contributed by atoms with Gasteiger partial charge < -0.3 is 5.32 Å². The summed E-state index contributed by atoms with van der Waals surface area (Å²) in [6.45, 7) is 4.42. The van der Waals surface area contributed by atoms with E-state index in [1.807, 2.05) is 56.3 Å². The first-order chi connectivity index (χ1) is 12.1. The van der Waals surface area contributed by atoms with Gasteiger partial charge in [-0.1, -0.05) is 42.8 Å². The van der Waals surface area contributed by atoms with Crippen LogP contribution in [0.5, 0.6) is 0 Å². The van der Waals surface area contributed by atoms with E-state index in [0.29, 0.717) is 23.8 Å². The Morgan fingerprint density at radius 1 is 1.28 bits per heavy atom. The SMILES string of the molecule is CCCN1C(=O)N=C2C=CC=CC2/C1=N/C(=O)Nc1ccc(C)cc1. The summed E-state index contributed by atoms with van der Waals surface area (Å²) in [6.07, 6.45) is 8.12. The third kappa shape index (κ3) is 3.74. The Bertz CT molecular complexity index is 803. The largest absolute Gasteiger partial charge is 0.349 e. The maximum absolute atomic E-state index is 12.4. The fourth-order valence-corrected chi connectivity index (χ4v) is 2.75. The van der Waals surface area contributed by atoms with Crippen molar-refractivity contribution in [1.29, 1.82) is 0 Å². The van der Waals surface area contributed by atoms with Crippen LogP contribution >= 0.6 is 0 Å². The molecule has 25 heavy (non-hydrogen) atoms. The summed E-state index contributed by atoms with van der Waals surface area (Å²) < 4.78 is 0. The summed E-state index contributed by atoms with van der Waals surface area (Å²) in [6, 6.07) is 6.58. The van der Waals surface area contributed by atoms with Crippen LogP contribution in [0.4, 0.5) is 15.3 Å². The van der Waals surface area contributed by atoms with Crippen molar-refractivity contribution in [1.82, 2.24) is 4.90 Å². The summed E-state index contributed by atoms with van der Waals surface area (Å²) in [5, 5.41) is 2.74. The third-order valence-electron chi connectivity index (χ3n) is 3.98. The number of carbonyl (C=O) groups is 2. The van der Waals surface area contributed by atoms with Crippen molar-refractivity contribution in [2.24, 2.45) is 15.9 Å². The van der Waals surface area contributed by atoms with Crippen LogP contribution < -0.4 is 5.32 Å². The van der Waals surface area contributed by atoms with E-state index in [1.54, 1.807) is 6.08 Å². The lowest BCUT2D eigenvalue weighted by molar-refractivity contribution is 0.228. The van der Waals surface area contributed by atoms with Gasteiger partial charge in [0.25, 0.3) is 0 Å². The Morgan fingerprint density at radius 3 is 2.76 bits per heavy atom. The molecule has 1 aliphatic heterocycles. The summed E-state index contributed by atoms with van der Waals surface area (Å²) in [5.74, 6) is 0.139. The zero-order chi connectivity index (χ0) is 17.8. The molecule has 3 rings (SSSR count). The van der Waals surface area contributed by atoms with Crippen LogP contribution in [0, 0.1) is 12.8 Å². The number of benzene rings is 1. The van der Waals surface area contributed by atoms with Crippen molar-refractivity contribution >= 4 is 29.3 Å². The van der Waals surface area contributed by atoms with Crippen LogP contribution in [0.1, 0.15) is 18.9 Å². The lowest BCUT2D eigenvalue weighted by Gasteiger charge is -2.31. The van der Waals surface area contributed by atoms with Crippen LogP contribution in [-0.4, -0.2) is 35.1 Å². The number of nitrogens with one attached hydrogen (secondary N) is 1. The van der Waals surface area contributed by atoms with E-state index in [9.17, 15) is 9.59 Å². The number of urea groups is 2. The Balaban J connectivity index is 1.88. The molecule has 2 aliphatic rings. The first-order valence-corrected chi connectivity index (χ1v) is 8.29. The molecule has 6 nitrogen and oxygen atoms in total. The number of anilines is 1. The molecule has 0 aromatic heterocycles. The first kappa shape index (κ1) is 16.8. The first-order valence-electron chi connectivity index (χ1n) is 8.29. The zero-order valence-corrected chi connectivity index (χ0v) is 14.3. The molecule has 128 valence electrons. The molecule has 1 heterocycles. The molecule has 1 N–H and O–H groups in total. The van der Waals surface area contributed by atoms with E-state index in [1.165, 1.54) is 4.90 Å². The number of hydrogen-bond acceptors (Lipinski definition) is 2. The minimum Gasteiger partial charge on any atom is -0.306 e. The van der Waals surface area contributed by atoms with Crippen molar-refractivity contribution < 1.29 is 9.59 Å². The van der Waals surface area contributed by atoms with E-state index in [2.05, 4.69) is 15.3 Å². The molecule has 1 atom stereocenters. The maximum atomic E-state index is 12.4. The Morgan fingerprint density at radius 2 is 2.04 bits per heavy atom. The molecule has 6 heteroatoms. The molecule has 1 aromatic carbocycles. The average Bonchev–Trinajstić information content (AvgIpc) is 2.60. The number of aryl methyl sites for hydroxylation is 1. The van der Waals surface area contributed by atoms with Crippen LogP contribution in [0.25, 0.3) is 0 Å². The van der Waals surface area contributed by atoms with Gasteiger partial charge in [-0.25, -0.2) is 9.59 Å². The van der Waals surface area contributed by atoms with Gasteiger partial charge in [0.2, 0.25) is 0 Å². The van der Waals surface area contributed by atoms with Crippen molar-refractivity contribution in [3.05, 3.63) is 54.1 Å². The predicted molar refractivity (Wildman–Crippen MR) is 99.2 cm³/mol. The van der Waals surface area contributed by atoms with Gasteiger partial charge in [-0.15, -0.1) is 0 Å². The number of fused-ring (bicyclic) bond motifs is 1. The number of amides is 4. The molecule has 0 saturated heterocycles. The number of hydrogen-bond donors (Lipinski definition) is 1. The second-order valence-corrected chi connectivity index (χ2v) is 5.96. The maximum Gasteiger partial charge on any atom is 0.349 e. The Kier molecular flexibility index (Phi) is 4.88. The second kappa shape index (κ2) is 7.25. The normalized spacial score (nSPS) is 20.5. The van der Waals surface area contributed by atoms with Gasteiger partial charge in [0, 0.05) is 12.2 Å². The molecule has 0 saturated carbocycles. The molecule has 0 radical (unpaired) electrons. The predicted octanol–water partition coefficient (Wildman–Crippen LogP) is 3.95. The van der Waals surface area contributed by atoms with Crippen molar-refractivity contribution in [3.8, 4) is 0 Å². The number of allylic oxidation sites excluding steroid dienone is 3. The monoisotopic (exact) mass is 336 g/mol. The van der Waals surface area contributed by atoms with Gasteiger partial charge in [-0.2, -0.15) is 9.98 Å². The minimum absolute atomic E-state index is 0.280. The van der Waals surface area contributed by atoms with Gasteiger partial charge in [0.15, 0.2) is 0 Å². The smallest absolute Gasteiger partial charge is 0.306 e. The molecule has 0 bridgehead atoms. The summed E-state index contributed by atoms with van der Waals surface area (Å²) >= 11 is 0. The highest BCUT2D eigenvalue weighted by Crippen LogP contribution is 2.21. The number of carbonyl (C=O) groups excluding carboxylic acids is 2. The highest BCUT2D eigenvalue weighted by Gasteiger charge is 2.33. The number of amidine groups is 1. The topological polar surface area (TPSA) is 74.1 Å². The van der Waals surface area contributed by atoms with Gasteiger partial charge in [-0.3, -0.25) is 4.90 Å². The number of nitrogens with zero attached hydrogens (tertiary/aromatic N) is 3. The summed E-state index contributed by atoms with van der Waals surface area (Å²) in [4.78, 5) is 34.5. The molecule has 4 amide bonds. The molecule has 0 spiro atoms. The van der Waals surface area contributed by atoms with E-state index >= 15 is 0 Å². The lowest BCUT2D eigenvalue weighted by Crippen LogP contribution is -2.47. The molecular weight excluding hydrogens is 316 g/mol. The molecule has 1 aliphatic carbocycles. The summed E-state index contributed by atoms with van der Waals surface area (Å²) in [5.41, 5.74) is 2.38. The van der Waals surface area contributed by atoms with Gasteiger partial charge >= 0.3 is 12.1 Å². The summed E-state index contributed by atoms with van der Waals surface area (Å²) in [7, 11) is 0. The molecular formula is C19H20N4O2. The van der Waals surface area contributed by atoms with Crippen LogP contribution in [0.2, 0.25) is 0 Å². The highest BCUT2D eigenvalue weighted by molar-refractivity contribution is 6.24. The number of rotatable bonds is 3. The zero-order valence-electron chi connectivity index (χ0n) is 14.3. The second-order valence-electron chi connectivity index (χ2n) is 5.96. The molecule has 0 fully saturated rings. The van der Waals surface area contributed by atoms with Gasteiger partial charge in [0.1, 0.15) is 5.84 Å². The van der Waals surface area contributed by atoms with E-state index in [0.717, 1.165) is 12.0 Å². The highest BCUT2D eigenvalue weighted by atomic mass is 16.2. The Hall–Kier alpha value is -3.02. The lowest BCUT2D eigenvalue weighted by atomic mass is 9.94. The quantitative estimate of drug-likeness (QED) is 0.907. The van der Waals surface area contributed by atoms with Crippen molar-refractivity contribution in [2.45, 2.75) is 20.3 Å². The van der Waals surface area contributed by atoms with Crippen LogP contribution in [-0.2, 0) is 0 Å². The van der Waals surface area contributed by atoms with Crippen molar-refractivity contribution in [2.75, 3.05) is 11.9 Å². The average molecular weight is 336 g/mol. The van der Waals surface area contributed by atoms with Crippen molar-refractivity contribution in [3.63, 3.8) is 0 Å². The minimum atomic E-state index is -0.503. The molecule has 1 unspecified atom stereocenters. The third-order valence-corrected chi connectivity index (χ3v) is 3.98. The van der Waals surface area contributed by atoms with E-state index < -0.39 is 6.03 Å². The van der Waals surface area contributed by atoms with Crippen LogP contribution in [0.3, 0.4) is 0 Å². The van der Waals surface area contributed by atoms with Gasteiger partial charge in [-0.05, 0) is 31.6 Å². The fourth-order valence-electron chi connectivity index (χ4n) is 2.75. The Labute approximate surface area is 146 Å². The van der Waals surface area contributed by atoms with Crippen LogP contribution in [0.15, 0.2) is 58.6 Å².